The van der Waals surface area contributed by atoms with Gasteiger partial charge in [-0.15, -0.1) is 0 Å². The Morgan fingerprint density at radius 1 is 0.944 bits per heavy atom. The molecular formula is C30H38N2O4. The summed E-state index contributed by atoms with van der Waals surface area (Å²) in [4.78, 5) is 12.9. The van der Waals surface area contributed by atoms with Gasteiger partial charge in [0.15, 0.2) is 0 Å². The highest BCUT2D eigenvalue weighted by molar-refractivity contribution is 5.94. The standard InChI is InChI=1S/C30H38N2O4/c1-29(2,25-11-6-5-7-12-25)20-31-28(36)23-10-8-9-21(15-23)17-30(3,4)32-18-27(35)22-13-14-26(34)24(16-22)19-33/h5-16,27,32-35H,17-20H2,1-4H3,(H,31,36)/t27-/m1/s1. The average molecular weight is 491 g/mol. The smallest absolute Gasteiger partial charge is 0.251 e. The van der Waals surface area contributed by atoms with Crippen molar-refractivity contribution in [3.63, 3.8) is 0 Å². The van der Waals surface area contributed by atoms with Crippen molar-refractivity contribution >= 4 is 5.91 Å². The largest absolute Gasteiger partial charge is 0.508 e. The number of aliphatic hydroxyl groups excluding tert-OH is 2. The molecule has 0 fully saturated rings. The van der Waals surface area contributed by atoms with Crippen LogP contribution in [0.25, 0.3) is 0 Å². The van der Waals surface area contributed by atoms with E-state index in [-0.39, 0.29) is 29.2 Å². The number of aliphatic hydroxyl groups is 2. The van der Waals surface area contributed by atoms with E-state index in [4.69, 9.17) is 0 Å². The summed E-state index contributed by atoms with van der Waals surface area (Å²) < 4.78 is 0. The van der Waals surface area contributed by atoms with Crippen molar-refractivity contribution < 1.29 is 20.1 Å². The first-order valence-corrected chi connectivity index (χ1v) is 12.3. The quantitative estimate of drug-likeness (QED) is 0.277. The molecule has 1 atom stereocenters. The number of benzene rings is 3. The van der Waals surface area contributed by atoms with Crippen LogP contribution in [0.4, 0.5) is 0 Å². The summed E-state index contributed by atoms with van der Waals surface area (Å²) in [5.74, 6) is -0.0941. The Hall–Kier alpha value is -3.19. The molecule has 6 heteroatoms. The van der Waals surface area contributed by atoms with E-state index >= 15 is 0 Å². The van der Waals surface area contributed by atoms with Gasteiger partial charge in [-0.2, -0.15) is 0 Å². The minimum atomic E-state index is -0.791. The summed E-state index contributed by atoms with van der Waals surface area (Å²) >= 11 is 0. The van der Waals surface area contributed by atoms with Crippen molar-refractivity contribution in [2.24, 2.45) is 0 Å². The summed E-state index contributed by atoms with van der Waals surface area (Å²) in [5.41, 5.74) is 3.29. The van der Waals surface area contributed by atoms with Gasteiger partial charge in [0, 0.05) is 35.2 Å². The number of hydrogen-bond acceptors (Lipinski definition) is 5. The Labute approximate surface area is 214 Å². The molecule has 0 bridgehead atoms. The van der Waals surface area contributed by atoms with Crippen LogP contribution < -0.4 is 10.6 Å². The van der Waals surface area contributed by atoms with E-state index in [1.807, 2.05) is 56.3 Å². The number of nitrogens with one attached hydrogen (secondary N) is 2. The van der Waals surface area contributed by atoms with E-state index < -0.39 is 6.10 Å². The van der Waals surface area contributed by atoms with E-state index in [1.54, 1.807) is 12.1 Å². The predicted molar refractivity (Wildman–Crippen MR) is 143 cm³/mol. The molecule has 0 saturated carbocycles. The Balaban J connectivity index is 1.58. The van der Waals surface area contributed by atoms with Crippen LogP contribution >= 0.6 is 0 Å². The maximum atomic E-state index is 12.9. The third kappa shape index (κ3) is 7.40. The summed E-state index contributed by atoms with van der Waals surface area (Å²) in [6.45, 7) is 8.86. The first kappa shape index (κ1) is 27.4. The normalized spacial score (nSPS) is 12.8. The molecule has 0 unspecified atom stereocenters. The molecule has 3 rings (SSSR count). The fourth-order valence-electron chi connectivity index (χ4n) is 4.22. The van der Waals surface area contributed by atoms with Crippen molar-refractivity contribution in [1.82, 2.24) is 10.6 Å². The molecule has 0 spiro atoms. The van der Waals surface area contributed by atoms with E-state index in [0.29, 0.717) is 36.2 Å². The lowest BCUT2D eigenvalue weighted by Crippen LogP contribution is -2.43. The predicted octanol–water partition coefficient (Wildman–Crippen LogP) is 4.24. The molecule has 3 aromatic carbocycles. The fourth-order valence-corrected chi connectivity index (χ4v) is 4.22. The zero-order valence-electron chi connectivity index (χ0n) is 21.6. The zero-order valence-corrected chi connectivity index (χ0v) is 21.6. The van der Waals surface area contributed by atoms with Gasteiger partial charge in [-0.3, -0.25) is 4.79 Å². The molecule has 0 aliphatic heterocycles. The van der Waals surface area contributed by atoms with Crippen LogP contribution in [0, 0.1) is 0 Å². The lowest BCUT2D eigenvalue weighted by Gasteiger charge is -2.28. The van der Waals surface area contributed by atoms with Gasteiger partial charge >= 0.3 is 0 Å². The maximum Gasteiger partial charge on any atom is 0.251 e. The monoisotopic (exact) mass is 490 g/mol. The molecule has 0 aliphatic rings. The van der Waals surface area contributed by atoms with Gasteiger partial charge in [-0.05, 0) is 61.2 Å². The topological polar surface area (TPSA) is 102 Å². The van der Waals surface area contributed by atoms with Crippen LogP contribution in [-0.4, -0.2) is 39.9 Å². The van der Waals surface area contributed by atoms with Crippen molar-refractivity contribution in [2.45, 2.75) is 57.8 Å². The SMILES string of the molecule is CC(C)(Cc1cccc(C(=O)NCC(C)(C)c2ccccc2)c1)NC[C@@H](O)c1ccc(O)c(CO)c1. The first-order valence-electron chi connectivity index (χ1n) is 12.3. The Bertz CT molecular complexity index is 1160. The molecule has 6 nitrogen and oxygen atoms in total. The van der Waals surface area contributed by atoms with E-state index in [2.05, 4.69) is 36.6 Å². The fraction of sp³-hybridized carbons (Fsp3) is 0.367. The van der Waals surface area contributed by atoms with Crippen molar-refractivity contribution in [2.75, 3.05) is 13.1 Å². The van der Waals surface area contributed by atoms with Crippen LogP contribution in [0.5, 0.6) is 5.75 Å². The number of carbonyl (C=O) groups excluding carboxylic acids is 1. The zero-order chi connectivity index (χ0) is 26.3. The van der Waals surface area contributed by atoms with E-state index in [0.717, 1.165) is 5.56 Å². The average Bonchev–Trinajstić information content (AvgIpc) is 2.86. The summed E-state index contributed by atoms with van der Waals surface area (Å²) in [7, 11) is 0. The highest BCUT2D eigenvalue weighted by atomic mass is 16.3. The van der Waals surface area contributed by atoms with E-state index in [9.17, 15) is 20.1 Å². The van der Waals surface area contributed by atoms with Crippen LogP contribution in [0.15, 0.2) is 72.8 Å². The molecule has 0 radical (unpaired) electrons. The van der Waals surface area contributed by atoms with Crippen molar-refractivity contribution in [3.05, 3.63) is 101 Å². The van der Waals surface area contributed by atoms with Gasteiger partial charge in [-0.25, -0.2) is 0 Å². The third-order valence-electron chi connectivity index (χ3n) is 6.51. The van der Waals surface area contributed by atoms with Crippen LogP contribution in [0.3, 0.4) is 0 Å². The third-order valence-corrected chi connectivity index (χ3v) is 6.51. The Morgan fingerprint density at radius 3 is 2.36 bits per heavy atom. The number of phenols is 1. The molecule has 5 N–H and O–H groups in total. The van der Waals surface area contributed by atoms with Gasteiger partial charge < -0.3 is 26.0 Å². The maximum absolute atomic E-state index is 12.9. The number of hydrogen-bond donors (Lipinski definition) is 5. The minimum absolute atomic E-state index is 0.00860. The van der Waals surface area contributed by atoms with Crippen molar-refractivity contribution in [3.8, 4) is 5.75 Å². The highest BCUT2D eigenvalue weighted by Gasteiger charge is 2.23. The second-order valence-corrected chi connectivity index (χ2v) is 10.6. The summed E-state index contributed by atoms with van der Waals surface area (Å²) in [6, 6.07) is 22.5. The molecular weight excluding hydrogens is 452 g/mol. The first-order chi connectivity index (χ1) is 17.0. The second kappa shape index (κ2) is 11.7. The molecule has 1 amide bonds. The molecule has 0 aliphatic carbocycles. The van der Waals surface area contributed by atoms with Gasteiger partial charge in [-0.1, -0.05) is 62.4 Å². The lowest BCUT2D eigenvalue weighted by atomic mass is 9.84. The van der Waals surface area contributed by atoms with Crippen LogP contribution in [-0.2, 0) is 18.4 Å². The van der Waals surface area contributed by atoms with Gasteiger partial charge in [0.1, 0.15) is 5.75 Å². The molecule has 0 heterocycles. The van der Waals surface area contributed by atoms with Crippen LogP contribution in [0.1, 0.15) is 66.4 Å². The number of rotatable bonds is 11. The number of carbonyl (C=O) groups is 1. The Morgan fingerprint density at radius 2 is 1.67 bits per heavy atom. The molecule has 3 aromatic rings. The number of aromatic hydroxyl groups is 1. The molecule has 0 aromatic heterocycles. The molecule has 192 valence electrons. The van der Waals surface area contributed by atoms with Crippen molar-refractivity contribution in [1.29, 1.82) is 0 Å². The van der Waals surface area contributed by atoms with Gasteiger partial charge in [0.05, 0.1) is 12.7 Å². The lowest BCUT2D eigenvalue weighted by molar-refractivity contribution is 0.0945. The number of amides is 1. The highest BCUT2D eigenvalue weighted by Crippen LogP contribution is 2.24. The molecule has 36 heavy (non-hydrogen) atoms. The number of β-amino-alcohol motifs (C(OH)–C–C–N with tert-alkyl or cyclic N) is 1. The van der Waals surface area contributed by atoms with Crippen LogP contribution in [0.2, 0.25) is 0 Å². The minimum Gasteiger partial charge on any atom is -0.508 e. The second-order valence-electron chi connectivity index (χ2n) is 10.6. The van der Waals surface area contributed by atoms with Gasteiger partial charge in [0.25, 0.3) is 5.91 Å². The Kier molecular flexibility index (Phi) is 8.90. The van der Waals surface area contributed by atoms with E-state index in [1.165, 1.54) is 11.6 Å². The van der Waals surface area contributed by atoms with Gasteiger partial charge in [0.2, 0.25) is 0 Å². The summed E-state index contributed by atoms with van der Waals surface area (Å²) in [5, 5.41) is 36.2. The molecule has 0 saturated heterocycles. The summed E-state index contributed by atoms with van der Waals surface area (Å²) in [6.07, 6.45) is -0.131.